The van der Waals surface area contributed by atoms with Gasteiger partial charge in [0.15, 0.2) is 0 Å². The molecular formula is C21H19N7. The Labute approximate surface area is 162 Å². The molecule has 0 amide bonds. The number of nitrogens with one attached hydrogen (secondary N) is 2. The fourth-order valence-corrected chi connectivity index (χ4v) is 4.09. The average Bonchev–Trinajstić information content (AvgIpc) is 3.44. The van der Waals surface area contributed by atoms with E-state index in [2.05, 4.69) is 42.2 Å². The number of hydrogen-bond acceptors (Lipinski definition) is 5. The van der Waals surface area contributed by atoms with Crippen LogP contribution in [0, 0.1) is 11.3 Å². The molecule has 0 radical (unpaired) electrons. The quantitative estimate of drug-likeness (QED) is 0.575. The molecule has 5 rings (SSSR count). The Kier molecular flexibility index (Phi) is 4.02. The zero-order chi connectivity index (χ0) is 18.9. The molecule has 1 unspecified atom stereocenters. The highest BCUT2D eigenvalue weighted by Crippen LogP contribution is 2.36. The average molecular weight is 369 g/mol. The fraction of sp³-hybridized carbons (Fsp3) is 0.238. The molecule has 138 valence electrons. The molecule has 1 fully saturated rings. The van der Waals surface area contributed by atoms with E-state index >= 15 is 0 Å². The van der Waals surface area contributed by atoms with Crippen molar-refractivity contribution in [2.45, 2.75) is 18.8 Å². The van der Waals surface area contributed by atoms with Gasteiger partial charge in [0.25, 0.3) is 0 Å². The summed E-state index contributed by atoms with van der Waals surface area (Å²) in [5.41, 5.74) is 4.63. The number of nitriles is 1. The van der Waals surface area contributed by atoms with Crippen molar-refractivity contribution in [3.63, 3.8) is 0 Å². The molecule has 1 saturated heterocycles. The lowest BCUT2D eigenvalue weighted by Crippen LogP contribution is -2.35. The van der Waals surface area contributed by atoms with Gasteiger partial charge in [0.05, 0.1) is 17.0 Å². The van der Waals surface area contributed by atoms with Crippen molar-refractivity contribution in [2.24, 2.45) is 0 Å². The summed E-state index contributed by atoms with van der Waals surface area (Å²) in [5, 5.41) is 17.5. The van der Waals surface area contributed by atoms with Crippen molar-refractivity contribution in [2.75, 3.05) is 18.0 Å². The monoisotopic (exact) mass is 369 g/mol. The number of H-pyrrole nitrogens is 2. The summed E-state index contributed by atoms with van der Waals surface area (Å²) in [4.78, 5) is 14.7. The molecule has 1 aliphatic heterocycles. The van der Waals surface area contributed by atoms with Gasteiger partial charge in [0.1, 0.15) is 17.8 Å². The van der Waals surface area contributed by atoms with Gasteiger partial charge in [-0.1, -0.05) is 12.1 Å². The highest BCUT2D eigenvalue weighted by molar-refractivity contribution is 6.01. The van der Waals surface area contributed by atoms with E-state index in [4.69, 9.17) is 0 Å². The molecule has 0 bridgehead atoms. The Morgan fingerprint density at radius 1 is 1.21 bits per heavy atom. The van der Waals surface area contributed by atoms with Crippen LogP contribution in [0.1, 0.15) is 30.0 Å². The zero-order valence-corrected chi connectivity index (χ0v) is 15.3. The number of fused-ring (bicyclic) bond motifs is 1. The normalized spacial score (nSPS) is 17.0. The van der Waals surface area contributed by atoms with Gasteiger partial charge in [0.2, 0.25) is 0 Å². The van der Waals surface area contributed by atoms with Crippen LogP contribution in [0.3, 0.4) is 0 Å². The Hall–Kier alpha value is -3.66. The molecule has 0 aliphatic carbocycles. The van der Waals surface area contributed by atoms with Crippen molar-refractivity contribution in [3.05, 3.63) is 60.3 Å². The maximum atomic E-state index is 9.25. The Balaban J connectivity index is 1.58. The van der Waals surface area contributed by atoms with Gasteiger partial charge in [-0.05, 0) is 36.6 Å². The minimum atomic E-state index is 0.408. The predicted molar refractivity (Wildman–Crippen MR) is 107 cm³/mol. The molecule has 3 aromatic heterocycles. The number of anilines is 1. The van der Waals surface area contributed by atoms with E-state index in [1.54, 1.807) is 6.33 Å². The maximum Gasteiger partial charge on any atom is 0.143 e. The molecule has 4 heterocycles. The second kappa shape index (κ2) is 6.82. The topological polar surface area (TPSA) is 97.3 Å². The van der Waals surface area contributed by atoms with Gasteiger partial charge in [-0.25, -0.2) is 9.97 Å². The first kappa shape index (κ1) is 16.5. The molecule has 2 N–H and O–H groups in total. The third-order valence-corrected chi connectivity index (χ3v) is 5.44. The van der Waals surface area contributed by atoms with E-state index in [0.717, 1.165) is 53.9 Å². The van der Waals surface area contributed by atoms with E-state index in [9.17, 15) is 5.26 Å². The molecule has 1 aromatic carbocycles. The first-order chi connectivity index (χ1) is 13.8. The smallest absolute Gasteiger partial charge is 0.143 e. The second-order valence-corrected chi connectivity index (χ2v) is 7.11. The van der Waals surface area contributed by atoms with E-state index in [1.807, 2.05) is 36.7 Å². The summed E-state index contributed by atoms with van der Waals surface area (Å²) in [6.45, 7) is 1.84. The number of hydrogen-bond donors (Lipinski definition) is 2. The number of rotatable bonds is 3. The van der Waals surface area contributed by atoms with Crippen LogP contribution in [-0.2, 0) is 0 Å². The zero-order valence-electron chi connectivity index (χ0n) is 15.3. The van der Waals surface area contributed by atoms with Gasteiger partial charge < -0.3 is 9.88 Å². The number of aromatic amines is 2. The van der Waals surface area contributed by atoms with Crippen molar-refractivity contribution in [1.82, 2.24) is 25.1 Å². The van der Waals surface area contributed by atoms with Crippen LogP contribution in [0.5, 0.6) is 0 Å². The lowest BCUT2D eigenvalue weighted by molar-refractivity contribution is 0.499. The van der Waals surface area contributed by atoms with Crippen LogP contribution < -0.4 is 4.90 Å². The lowest BCUT2D eigenvalue weighted by Gasteiger charge is -2.33. The van der Waals surface area contributed by atoms with Crippen molar-refractivity contribution in [1.29, 1.82) is 5.26 Å². The molecule has 0 spiro atoms. The minimum Gasteiger partial charge on any atom is -0.355 e. The number of nitrogens with zero attached hydrogens (tertiary/aromatic N) is 5. The molecule has 1 atom stereocenters. The van der Waals surface area contributed by atoms with Crippen LogP contribution in [0.2, 0.25) is 0 Å². The summed E-state index contributed by atoms with van der Waals surface area (Å²) >= 11 is 0. The summed E-state index contributed by atoms with van der Waals surface area (Å²) in [6, 6.07) is 11.9. The molecule has 4 aromatic rings. The predicted octanol–water partition coefficient (Wildman–Crippen LogP) is 3.60. The first-order valence-corrected chi connectivity index (χ1v) is 9.40. The van der Waals surface area contributed by atoms with E-state index < -0.39 is 0 Å². The first-order valence-electron chi connectivity index (χ1n) is 9.40. The molecule has 0 saturated carbocycles. The number of benzene rings is 1. The Morgan fingerprint density at radius 2 is 2.18 bits per heavy atom. The van der Waals surface area contributed by atoms with Gasteiger partial charge in [-0.3, -0.25) is 5.10 Å². The Bertz CT molecular complexity index is 1150. The largest absolute Gasteiger partial charge is 0.355 e. The van der Waals surface area contributed by atoms with E-state index in [-0.39, 0.29) is 0 Å². The van der Waals surface area contributed by atoms with Gasteiger partial charge in [-0.2, -0.15) is 10.4 Å². The molecular weight excluding hydrogens is 350 g/mol. The van der Waals surface area contributed by atoms with Gasteiger partial charge >= 0.3 is 0 Å². The summed E-state index contributed by atoms with van der Waals surface area (Å²) < 4.78 is 0. The van der Waals surface area contributed by atoms with E-state index in [1.165, 1.54) is 5.69 Å². The highest BCUT2D eigenvalue weighted by Gasteiger charge is 2.26. The SMILES string of the molecule is N#Cc1cccc(-c2c[nH]c3ncnc(N4CCCC(c5ccn[nH]5)C4)c23)c1. The second-order valence-electron chi connectivity index (χ2n) is 7.11. The fourth-order valence-electron chi connectivity index (χ4n) is 4.09. The molecule has 28 heavy (non-hydrogen) atoms. The molecule has 7 heteroatoms. The standard InChI is InChI=1S/C21H19N7/c22-10-14-3-1-4-15(9-14)17-11-23-20-19(17)21(25-13-24-20)28-8-2-5-16(12-28)18-6-7-26-27-18/h1,3-4,6-7,9,11,13,16H,2,5,8,12H2,(H,26,27)(H,23,24,25). The van der Waals surface area contributed by atoms with Gasteiger partial charge in [0, 0.05) is 42.7 Å². The summed E-state index contributed by atoms with van der Waals surface area (Å²) in [5.74, 6) is 1.35. The van der Waals surface area contributed by atoms with Crippen LogP contribution >= 0.6 is 0 Å². The minimum absolute atomic E-state index is 0.408. The van der Waals surface area contributed by atoms with Crippen LogP contribution in [0.15, 0.2) is 49.1 Å². The van der Waals surface area contributed by atoms with Crippen LogP contribution in [0.4, 0.5) is 5.82 Å². The third-order valence-electron chi connectivity index (χ3n) is 5.44. The number of aromatic nitrogens is 5. The lowest BCUT2D eigenvalue weighted by atomic mass is 9.94. The third kappa shape index (κ3) is 2.79. The highest BCUT2D eigenvalue weighted by atomic mass is 15.2. The van der Waals surface area contributed by atoms with Crippen LogP contribution in [0.25, 0.3) is 22.2 Å². The Morgan fingerprint density at radius 3 is 3.04 bits per heavy atom. The van der Waals surface area contributed by atoms with Crippen molar-refractivity contribution in [3.8, 4) is 17.2 Å². The number of piperidine rings is 1. The van der Waals surface area contributed by atoms with Crippen molar-refractivity contribution < 1.29 is 0 Å². The summed E-state index contributed by atoms with van der Waals surface area (Å²) in [6.07, 6.45) is 7.61. The molecule has 7 nitrogen and oxygen atoms in total. The summed E-state index contributed by atoms with van der Waals surface area (Å²) in [7, 11) is 0. The van der Waals surface area contributed by atoms with Crippen molar-refractivity contribution >= 4 is 16.9 Å². The molecule has 1 aliphatic rings. The van der Waals surface area contributed by atoms with E-state index in [0.29, 0.717) is 11.5 Å². The van der Waals surface area contributed by atoms with Crippen LogP contribution in [-0.4, -0.2) is 38.2 Å². The maximum absolute atomic E-state index is 9.25. The van der Waals surface area contributed by atoms with Gasteiger partial charge in [-0.15, -0.1) is 0 Å².